The van der Waals surface area contributed by atoms with Crippen molar-refractivity contribution in [3.8, 4) is 17.2 Å². The lowest BCUT2D eigenvalue weighted by Crippen LogP contribution is -2.29. The van der Waals surface area contributed by atoms with Gasteiger partial charge in [0.15, 0.2) is 17.1 Å². The second-order valence-electron chi connectivity index (χ2n) is 6.17. The molecule has 0 aliphatic carbocycles. The van der Waals surface area contributed by atoms with Gasteiger partial charge in [-0.05, 0) is 36.4 Å². The van der Waals surface area contributed by atoms with Gasteiger partial charge in [-0.2, -0.15) is 8.78 Å². The minimum absolute atomic E-state index is 0.0463. The molecule has 1 radical (unpaired) electrons. The molecule has 26 heavy (non-hydrogen) atoms. The molecule has 2 aromatic carbocycles. The van der Waals surface area contributed by atoms with Crippen LogP contribution in [0.4, 0.5) is 8.78 Å². The van der Waals surface area contributed by atoms with Crippen LogP contribution >= 0.6 is 0 Å². The van der Waals surface area contributed by atoms with Gasteiger partial charge in [-0.3, -0.25) is 0 Å². The van der Waals surface area contributed by atoms with Crippen LogP contribution in [-0.2, 0) is 9.57 Å². The Morgan fingerprint density at radius 2 is 2.00 bits per heavy atom. The van der Waals surface area contributed by atoms with Gasteiger partial charge < -0.3 is 19.0 Å². The molecule has 4 rings (SSSR count). The molecule has 1 unspecified atom stereocenters. The fourth-order valence-electron chi connectivity index (χ4n) is 3.00. The molecule has 0 amide bonds. The van der Waals surface area contributed by atoms with Crippen LogP contribution in [0, 0.1) is 6.07 Å². The number of ether oxygens (including phenoxy) is 3. The third-order valence-electron chi connectivity index (χ3n) is 4.31. The number of oxime groups is 1. The third kappa shape index (κ3) is 3.48. The number of alkyl halides is 2. The van der Waals surface area contributed by atoms with E-state index in [-0.39, 0.29) is 11.5 Å². The van der Waals surface area contributed by atoms with Crippen molar-refractivity contribution in [2.24, 2.45) is 5.16 Å². The molecular weight excluding hydrogens is 344 g/mol. The number of nitrogens with zero attached hydrogens (tertiary/aromatic N) is 1. The van der Waals surface area contributed by atoms with E-state index in [4.69, 9.17) is 14.3 Å². The minimum Gasteiger partial charge on any atom is -0.453 e. The lowest BCUT2D eigenvalue weighted by molar-refractivity contribution is -0.0510. The highest BCUT2D eigenvalue weighted by atomic mass is 19.3. The molecule has 1 atom stereocenters. The molecule has 7 heteroatoms. The Morgan fingerprint density at radius 3 is 2.73 bits per heavy atom. The standard InChI is InChI=1S/C19H16F2NO4/c20-18(21)25-16-7-6-13(10-17(16)24-14-4-2-1-3-5-14)15-11-19(26-22-15)8-9-23-12-19/h2-7,10,18H,8-9,11-12H2. The molecule has 0 aromatic heterocycles. The molecule has 1 spiro atoms. The van der Waals surface area contributed by atoms with Gasteiger partial charge in [0.05, 0.1) is 18.9 Å². The summed E-state index contributed by atoms with van der Waals surface area (Å²) >= 11 is 0. The molecule has 1 saturated heterocycles. The smallest absolute Gasteiger partial charge is 0.387 e. The van der Waals surface area contributed by atoms with Gasteiger partial charge in [0.2, 0.25) is 0 Å². The van der Waals surface area contributed by atoms with Crippen LogP contribution in [0.25, 0.3) is 0 Å². The Bertz CT molecular complexity index is 804. The molecule has 2 aliphatic heterocycles. The molecule has 0 saturated carbocycles. The highest BCUT2D eigenvalue weighted by Gasteiger charge is 2.43. The molecule has 2 heterocycles. The van der Waals surface area contributed by atoms with E-state index in [1.807, 2.05) is 0 Å². The van der Waals surface area contributed by atoms with Crippen molar-refractivity contribution in [1.82, 2.24) is 0 Å². The summed E-state index contributed by atoms with van der Waals surface area (Å²) in [4.78, 5) is 5.59. The van der Waals surface area contributed by atoms with E-state index < -0.39 is 12.2 Å². The third-order valence-corrected chi connectivity index (χ3v) is 4.31. The van der Waals surface area contributed by atoms with Crippen LogP contribution in [0.3, 0.4) is 0 Å². The normalized spacial score (nSPS) is 21.7. The molecule has 5 nitrogen and oxygen atoms in total. The summed E-state index contributed by atoms with van der Waals surface area (Å²) in [5.74, 6) is 0.626. The molecule has 1 fully saturated rings. The first-order valence-electron chi connectivity index (χ1n) is 8.20. The lowest BCUT2D eigenvalue weighted by atomic mass is 9.93. The number of hydrogen-bond donors (Lipinski definition) is 0. The second kappa shape index (κ2) is 6.92. The van der Waals surface area contributed by atoms with Crippen molar-refractivity contribution < 1.29 is 27.8 Å². The average molecular weight is 360 g/mol. The van der Waals surface area contributed by atoms with Gasteiger partial charge in [0.1, 0.15) is 5.75 Å². The van der Waals surface area contributed by atoms with Crippen molar-refractivity contribution in [3.05, 3.63) is 54.1 Å². The van der Waals surface area contributed by atoms with E-state index in [9.17, 15) is 8.78 Å². The summed E-state index contributed by atoms with van der Waals surface area (Å²) in [6.45, 7) is -1.81. The van der Waals surface area contributed by atoms with Crippen molar-refractivity contribution in [3.63, 3.8) is 0 Å². The van der Waals surface area contributed by atoms with Crippen LogP contribution in [0.2, 0.25) is 0 Å². The SMILES string of the molecule is FC(F)Oc1ccc(C2=NOC3(CCOC3)C2)cc1Oc1cc[c]cc1. The first-order valence-corrected chi connectivity index (χ1v) is 8.20. The van der Waals surface area contributed by atoms with Crippen LogP contribution in [-0.4, -0.2) is 31.1 Å². The van der Waals surface area contributed by atoms with E-state index >= 15 is 0 Å². The summed E-state index contributed by atoms with van der Waals surface area (Å²) in [5, 5.41) is 4.17. The monoisotopic (exact) mass is 360 g/mol. The van der Waals surface area contributed by atoms with Crippen LogP contribution in [0.1, 0.15) is 18.4 Å². The maximum atomic E-state index is 12.7. The molecule has 2 aliphatic rings. The van der Waals surface area contributed by atoms with E-state index in [0.717, 1.165) is 17.7 Å². The van der Waals surface area contributed by atoms with Gasteiger partial charge in [-0.1, -0.05) is 17.3 Å². The molecule has 2 aromatic rings. The zero-order valence-electron chi connectivity index (χ0n) is 13.8. The Morgan fingerprint density at radius 1 is 1.15 bits per heavy atom. The lowest BCUT2D eigenvalue weighted by Gasteiger charge is -2.17. The fraction of sp³-hybridized carbons (Fsp3) is 0.316. The van der Waals surface area contributed by atoms with Crippen LogP contribution < -0.4 is 9.47 Å². The maximum absolute atomic E-state index is 12.7. The number of halogens is 2. The van der Waals surface area contributed by atoms with Crippen molar-refractivity contribution in [2.45, 2.75) is 25.1 Å². The zero-order chi connectivity index (χ0) is 18.0. The first-order chi connectivity index (χ1) is 12.6. The first kappa shape index (κ1) is 16.8. The topological polar surface area (TPSA) is 49.3 Å². The van der Waals surface area contributed by atoms with E-state index in [2.05, 4.69) is 16.0 Å². The second-order valence-corrected chi connectivity index (χ2v) is 6.17. The predicted molar refractivity (Wildman–Crippen MR) is 88.8 cm³/mol. The quantitative estimate of drug-likeness (QED) is 0.803. The number of rotatable bonds is 5. The van der Waals surface area contributed by atoms with Gasteiger partial charge in [-0.15, -0.1) is 0 Å². The molecule has 0 N–H and O–H groups in total. The molecule has 0 bridgehead atoms. The average Bonchev–Trinajstić information content (AvgIpc) is 3.27. The van der Waals surface area contributed by atoms with Crippen molar-refractivity contribution in [1.29, 1.82) is 0 Å². The van der Waals surface area contributed by atoms with Crippen molar-refractivity contribution in [2.75, 3.05) is 13.2 Å². The maximum Gasteiger partial charge on any atom is 0.387 e. The Hall–Kier alpha value is -2.67. The van der Waals surface area contributed by atoms with Crippen molar-refractivity contribution >= 4 is 5.71 Å². The van der Waals surface area contributed by atoms with Gasteiger partial charge in [0.25, 0.3) is 0 Å². The van der Waals surface area contributed by atoms with Crippen LogP contribution in [0.5, 0.6) is 17.2 Å². The van der Waals surface area contributed by atoms with E-state index in [0.29, 0.717) is 25.4 Å². The summed E-state index contributed by atoms with van der Waals surface area (Å²) in [5.41, 5.74) is 1.04. The highest BCUT2D eigenvalue weighted by Crippen LogP contribution is 2.37. The minimum atomic E-state index is -2.95. The van der Waals surface area contributed by atoms with Crippen LogP contribution in [0.15, 0.2) is 47.6 Å². The van der Waals surface area contributed by atoms with E-state index in [1.165, 1.54) is 6.07 Å². The Labute approximate surface area is 149 Å². The predicted octanol–water partition coefficient (Wildman–Crippen LogP) is 4.16. The van der Waals surface area contributed by atoms with Gasteiger partial charge in [-0.25, -0.2) is 0 Å². The highest BCUT2D eigenvalue weighted by molar-refractivity contribution is 6.02. The largest absolute Gasteiger partial charge is 0.453 e. The van der Waals surface area contributed by atoms with E-state index in [1.54, 1.807) is 36.4 Å². The molecular formula is C19H16F2NO4. The Kier molecular flexibility index (Phi) is 4.46. The number of benzene rings is 2. The zero-order valence-corrected chi connectivity index (χ0v) is 13.8. The summed E-state index contributed by atoms with van der Waals surface area (Å²) < 4.78 is 41.1. The molecule has 135 valence electrons. The summed E-state index contributed by atoms with van der Waals surface area (Å²) in [6.07, 6.45) is 1.37. The van der Waals surface area contributed by atoms with Gasteiger partial charge in [0, 0.05) is 18.4 Å². The number of hydrogen-bond acceptors (Lipinski definition) is 5. The summed E-state index contributed by atoms with van der Waals surface area (Å²) in [6, 6.07) is 14.3. The summed E-state index contributed by atoms with van der Waals surface area (Å²) in [7, 11) is 0. The Balaban J connectivity index is 1.61. The fourth-order valence-corrected chi connectivity index (χ4v) is 3.00. The van der Waals surface area contributed by atoms with Gasteiger partial charge >= 0.3 is 6.61 Å².